The molecule has 0 bridgehead atoms. The van der Waals surface area contributed by atoms with Crippen LogP contribution in [0.2, 0.25) is 0 Å². The molecule has 0 fully saturated rings. The zero-order chi connectivity index (χ0) is 11.5. The lowest BCUT2D eigenvalue weighted by Crippen LogP contribution is -2.21. The number of halogens is 2. The third-order valence-electron chi connectivity index (χ3n) is 2.65. The minimum atomic E-state index is -0.426. The van der Waals surface area contributed by atoms with Crippen LogP contribution in [0.25, 0.3) is 10.9 Å². The van der Waals surface area contributed by atoms with E-state index in [1.54, 1.807) is 6.07 Å². The first-order valence-electron chi connectivity index (χ1n) is 5.17. The molecule has 0 aliphatic carbocycles. The maximum atomic E-state index is 12.9. The molecule has 0 saturated carbocycles. The lowest BCUT2D eigenvalue weighted by Gasteiger charge is -2.02. The highest BCUT2D eigenvalue weighted by molar-refractivity contribution is 8.93. The van der Waals surface area contributed by atoms with Crippen molar-refractivity contribution < 1.29 is 12.0 Å². The van der Waals surface area contributed by atoms with Gasteiger partial charge in [0.05, 0.1) is 6.04 Å². The number of aromatic amines is 1. The number of aromatic nitrogens is 1. The lowest BCUT2D eigenvalue weighted by atomic mass is 10.1. The Labute approximate surface area is 112 Å². The zero-order valence-corrected chi connectivity index (χ0v) is 10.9. The molecule has 1 aromatic heterocycles. The number of benzene rings is 1. The average Bonchev–Trinajstić information content (AvgIpc) is 2.68. The minimum absolute atomic E-state index is 0. The van der Waals surface area contributed by atoms with Crippen LogP contribution in [0.3, 0.4) is 0 Å². The standard InChI is InChI=1S/C12H13FN2O.BrH.2H2/c13-9-2-4-11-8(1-3-10(14)7-16)6-15-12(11)5-9;;;/h2,4-7,10,15H,1,3,14H2;3*1H. The summed E-state index contributed by atoms with van der Waals surface area (Å²) >= 11 is 0. The fourth-order valence-corrected chi connectivity index (χ4v) is 1.76. The van der Waals surface area contributed by atoms with Gasteiger partial charge in [0.15, 0.2) is 0 Å². The van der Waals surface area contributed by atoms with Crippen LogP contribution in [0.4, 0.5) is 4.39 Å². The first-order valence-corrected chi connectivity index (χ1v) is 5.17. The van der Waals surface area contributed by atoms with E-state index < -0.39 is 6.04 Å². The Morgan fingerprint density at radius 3 is 3.00 bits per heavy atom. The van der Waals surface area contributed by atoms with Crippen molar-refractivity contribution in [1.29, 1.82) is 0 Å². The van der Waals surface area contributed by atoms with Gasteiger partial charge in [-0.3, -0.25) is 0 Å². The maximum absolute atomic E-state index is 12.9. The van der Waals surface area contributed by atoms with Gasteiger partial charge < -0.3 is 15.5 Å². The molecule has 3 nitrogen and oxygen atoms in total. The number of aryl methyl sites for hydroxylation is 1. The number of fused-ring (bicyclic) bond motifs is 1. The van der Waals surface area contributed by atoms with E-state index in [0.29, 0.717) is 12.8 Å². The normalized spacial score (nSPS) is 12.1. The third-order valence-corrected chi connectivity index (χ3v) is 2.65. The first kappa shape index (κ1) is 13.9. The summed E-state index contributed by atoms with van der Waals surface area (Å²) in [7, 11) is 0. The summed E-state index contributed by atoms with van der Waals surface area (Å²) in [5.41, 5.74) is 7.35. The first-order chi connectivity index (χ1) is 7.70. The molecular weight excluding hydrogens is 287 g/mol. The predicted octanol–water partition coefficient (Wildman–Crippen LogP) is 2.84. The van der Waals surface area contributed by atoms with Crippen LogP contribution in [0.15, 0.2) is 24.4 Å². The summed E-state index contributed by atoms with van der Waals surface area (Å²) in [4.78, 5) is 13.4. The second-order valence-corrected chi connectivity index (χ2v) is 3.84. The number of carbonyl (C=O) groups is 1. The Bertz CT molecular complexity index is 521. The van der Waals surface area contributed by atoms with Crippen molar-refractivity contribution in [2.75, 3.05) is 0 Å². The lowest BCUT2D eigenvalue weighted by molar-refractivity contribution is -0.109. The predicted molar refractivity (Wildman–Crippen MR) is 75.2 cm³/mol. The number of aldehydes is 1. The van der Waals surface area contributed by atoms with Crippen LogP contribution in [0.5, 0.6) is 0 Å². The van der Waals surface area contributed by atoms with E-state index >= 15 is 0 Å². The van der Waals surface area contributed by atoms with E-state index in [2.05, 4.69) is 4.98 Å². The quantitative estimate of drug-likeness (QED) is 0.853. The van der Waals surface area contributed by atoms with Gasteiger partial charge in [-0.1, -0.05) is 0 Å². The number of rotatable bonds is 4. The van der Waals surface area contributed by atoms with Crippen LogP contribution in [0.1, 0.15) is 14.8 Å². The van der Waals surface area contributed by atoms with E-state index in [0.717, 1.165) is 22.8 Å². The summed E-state index contributed by atoms with van der Waals surface area (Å²) in [6.07, 6.45) is 3.90. The van der Waals surface area contributed by atoms with E-state index in [1.807, 2.05) is 6.20 Å². The molecule has 0 radical (unpaired) electrons. The number of H-pyrrole nitrogens is 1. The zero-order valence-electron chi connectivity index (χ0n) is 9.15. The largest absolute Gasteiger partial charge is 0.361 e. The fraction of sp³-hybridized carbons (Fsp3) is 0.250. The van der Waals surface area contributed by atoms with Crippen LogP contribution >= 0.6 is 17.0 Å². The van der Waals surface area contributed by atoms with Gasteiger partial charge in [0.2, 0.25) is 0 Å². The highest BCUT2D eigenvalue weighted by Crippen LogP contribution is 2.20. The smallest absolute Gasteiger partial charge is 0.136 e. The summed E-state index contributed by atoms with van der Waals surface area (Å²) in [6.45, 7) is 0. The van der Waals surface area contributed by atoms with Gasteiger partial charge in [0, 0.05) is 20.0 Å². The topological polar surface area (TPSA) is 58.9 Å². The molecule has 1 aromatic carbocycles. The molecule has 0 amide bonds. The Kier molecular flexibility index (Phi) is 4.84. The average molecular weight is 305 g/mol. The van der Waals surface area contributed by atoms with Crippen molar-refractivity contribution in [3.63, 3.8) is 0 Å². The molecule has 5 heteroatoms. The number of hydrogen-bond acceptors (Lipinski definition) is 2. The number of carbonyl (C=O) groups excluding carboxylic acids is 1. The highest BCUT2D eigenvalue weighted by atomic mass is 79.9. The van der Waals surface area contributed by atoms with Crippen LogP contribution in [-0.4, -0.2) is 17.3 Å². The molecule has 17 heavy (non-hydrogen) atoms. The monoisotopic (exact) mass is 304 g/mol. The Morgan fingerprint density at radius 2 is 2.29 bits per heavy atom. The Hall–Kier alpha value is -1.20. The highest BCUT2D eigenvalue weighted by Gasteiger charge is 2.06. The summed E-state index contributed by atoms with van der Waals surface area (Å²) in [5.74, 6) is -0.259. The van der Waals surface area contributed by atoms with Gasteiger partial charge in [-0.05, 0) is 36.6 Å². The molecule has 0 aliphatic heterocycles. The van der Waals surface area contributed by atoms with Crippen LogP contribution in [0, 0.1) is 5.82 Å². The fourth-order valence-electron chi connectivity index (χ4n) is 1.76. The van der Waals surface area contributed by atoms with Crippen molar-refractivity contribution in [3.05, 3.63) is 35.8 Å². The maximum Gasteiger partial charge on any atom is 0.136 e. The van der Waals surface area contributed by atoms with Crippen molar-refractivity contribution >= 4 is 34.2 Å². The number of nitrogens with two attached hydrogens (primary N) is 1. The van der Waals surface area contributed by atoms with Gasteiger partial charge in [-0.25, -0.2) is 4.39 Å². The van der Waals surface area contributed by atoms with Crippen molar-refractivity contribution in [2.45, 2.75) is 18.9 Å². The molecule has 1 heterocycles. The molecule has 3 N–H and O–H groups in total. The summed E-state index contributed by atoms with van der Waals surface area (Å²) in [6, 6.07) is 4.20. The van der Waals surface area contributed by atoms with Gasteiger partial charge >= 0.3 is 0 Å². The Balaban J connectivity index is 0. The molecular formula is C12H18BrFN2O. The van der Waals surface area contributed by atoms with Crippen LogP contribution in [-0.2, 0) is 11.2 Å². The second kappa shape index (κ2) is 5.93. The number of nitrogens with one attached hydrogen (secondary N) is 1. The van der Waals surface area contributed by atoms with E-state index in [1.165, 1.54) is 12.1 Å². The van der Waals surface area contributed by atoms with E-state index in [9.17, 15) is 9.18 Å². The van der Waals surface area contributed by atoms with E-state index in [4.69, 9.17) is 5.73 Å². The molecule has 1 unspecified atom stereocenters. The second-order valence-electron chi connectivity index (χ2n) is 3.84. The SMILES string of the molecule is Br.NC(C=O)CCc1c[nH]c2cc(F)ccc12.[HH].[HH]. The number of hydrogen-bond donors (Lipinski definition) is 2. The van der Waals surface area contributed by atoms with Crippen molar-refractivity contribution in [1.82, 2.24) is 4.98 Å². The minimum Gasteiger partial charge on any atom is -0.361 e. The summed E-state index contributed by atoms with van der Waals surface area (Å²) in [5, 5.41) is 0.986. The van der Waals surface area contributed by atoms with E-state index in [-0.39, 0.29) is 25.7 Å². The molecule has 0 saturated heterocycles. The van der Waals surface area contributed by atoms with Gasteiger partial charge in [0.25, 0.3) is 0 Å². The van der Waals surface area contributed by atoms with Crippen molar-refractivity contribution in [2.24, 2.45) is 5.73 Å². The summed E-state index contributed by atoms with van der Waals surface area (Å²) < 4.78 is 12.9. The van der Waals surface area contributed by atoms with Gasteiger partial charge in [-0.2, -0.15) is 0 Å². The van der Waals surface area contributed by atoms with Crippen LogP contribution < -0.4 is 5.73 Å². The molecule has 2 rings (SSSR count). The third kappa shape index (κ3) is 3.14. The molecule has 96 valence electrons. The molecule has 0 aliphatic rings. The molecule has 2 aromatic rings. The van der Waals surface area contributed by atoms with Crippen molar-refractivity contribution in [3.8, 4) is 0 Å². The molecule has 0 spiro atoms. The Morgan fingerprint density at radius 1 is 1.53 bits per heavy atom. The molecule has 1 atom stereocenters. The van der Waals surface area contributed by atoms with Gasteiger partial charge in [-0.15, -0.1) is 17.0 Å². The van der Waals surface area contributed by atoms with Gasteiger partial charge in [0.1, 0.15) is 12.1 Å².